The van der Waals surface area contributed by atoms with Crippen molar-refractivity contribution in [1.82, 2.24) is 0 Å². The summed E-state index contributed by atoms with van der Waals surface area (Å²) in [6.07, 6.45) is -7.48. The molecule has 9 atom stereocenters. The first-order chi connectivity index (χ1) is 17.8. The van der Waals surface area contributed by atoms with E-state index in [1.165, 1.54) is 7.11 Å². The molecule has 0 radical (unpaired) electrons. The number of methoxy groups -OCH3 is 2. The lowest BCUT2D eigenvalue weighted by Gasteiger charge is -2.39. The maximum Gasteiger partial charge on any atom is 0.229 e. The van der Waals surface area contributed by atoms with Gasteiger partial charge in [-0.15, -0.1) is 0 Å². The summed E-state index contributed by atoms with van der Waals surface area (Å²) in [6, 6.07) is 10.3. The molecule has 0 bridgehead atoms. The summed E-state index contributed by atoms with van der Waals surface area (Å²) in [5.41, 5.74) is 1.68. The zero-order chi connectivity index (χ0) is 26.3. The first kappa shape index (κ1) is 26.0. The number of hydrogen-bond donors (Lipinski definition) is 5. The van der Waals surface area contributed by atoms with Gasteiger partial charge in [-0.3, -0.25) is 0 Å². The van der Waals surface area contributed by atoms with Crippen molar-refractivity contribution in [3.05, 3.63) is 47.5 Å². The van der Waals surface area contributed by atoms with Gasteiger partial charge in [-0.25, -0.2) is 0 Å². The fraction of sp³-hybridized carbons (Fsp3) is 0.538. The Morgan fingerprint density at radius 2 is 1.51 bits per heavy atom. The third kappa shape index (κ3) is 4.84. The smallest absolute Gasteiger partial charge is 0.229 e. The van der Waals surface area contributed by atoms with Gasteiger partial charge in [0.05, 0.1) is 46.2 Å². The van der Waals surface area contributed by atoms with Gasteiger partial charge in [-0.05, 0) is 35.4 Å². The van der Waals surface area contributed by atoms with Crippen LogP contribution in [0.15, 0.2) is 36.4 Å². The Bertz CT molecular complexity index is 1090. The second kappa shape index (κ2) is 10.6. The molecule has 0 amide bonds. The van der Waals surface area contributed by atoms with Gasteiger partial charge in [0.15, 0.2) is 11.5 Å². The highest BCUT2D eigenvalue weighted by molar-refractivity contribution is 5.44. The molecule has 0 spiro atoms. The standard InChI is InChI=1S/C26H32O11/c1-32-15-6-13(5-14(28)8-15)25-17-11-34-24(16(17)10-35-25)12-3-4-18(19(7-12)33-2)36-26-23(31)22(30)21(29)20(9-27)37-26/h3-8,16-17,20-31H,9-11H2,1-2H3. The molecular weight excluding hydrogens is 488 g/mol. The summed E-state index contributed by atoms with van der Waals surface area (Å²) in [6.45, 7) is 0.397. The number of benzene rings is 2. The van der Waals surface area contributed by atoms with E-state index < -0.39 is 37.3 Å². The van der Waals surface area contributed by atoms with Crippen LogP contribution < -0.4 is 14.2 Å². The number of hydrogen-bond acceptors (Lipinski definition) is 11. The quantitative estimate of drug-likeness (QED) is 0.349. The zero-order valence-corrected chi connectivity index (χ0v) is 20.5. The summed E-state index contributed by atoms with van der Waals surface area (Å²) in [4.78, 5) is 0. The van der Waals surface area contributed by atoms with Crippen LogP contribution >= 0.6 is 0 Å². The minimum atomic E-state index is -1.55. The van der Waals surface area contributed by atoms with Crippen LogP contribution in [-0.2, 0) is 14.2 Å². The van der Waals surface area contributed by atoms with Crippen LogP contribution in [0.25, 0.3) is 0 Å². The Hall–Kier alpha value is -2.64. The molecule has 3 heterocycles. The molecule has 3 aliphatic heterocycles. The summed E-state index contributed by atoms with van der Waals surface area (Å²) >= 11 is 0. The first-order valence-electron chi connectivity index (χ1n) is 12.1. The van der Waals surface area contributed by atoms with Crippen molar-refractivity contribution in [2.45, 2.75) is 42.9 Å². The zero-order valence-electron chi connectivity index (χ0n) is 20.5. The van der Waals surface area contributed by atoms with Crippen LogP contribution in [0.5, 0.6) is 23.0 Å². The monoisotopic (exact) mass is 520 g/mol. The maximum atomic E-state index is 10.3. The van der Waals surface area contributed by atoms with E-state index in [0.29, 0.717) is 24.7 Å². The molecule has 2 aromatic rings. The molecule has 202 valence electrons. The maximum absolute atomic E-state index is 10.3. The highest BCUT2D eigenvalue weighted by Gasteiger charge is 2.49. The molecule has 0 aromatic heterocycles. The van der Waals surface area contributed by atoms with E-state index in [0.717, 1.165) is 11.1 Å². The molecule has 3 aliphatic rings. The molecule has 0 saturated carbocycles. The minimum absolute atomic E-state index is 0.0697. The average Bonchev–Trinajstić information content (AvgIpc) is 3.51. The van der Waals surface area contributed by atoms with Crippen molar-refractivity contribution < 1.29 is 54.0 Å². The molecule has 5 rings (SSSR count). The van der Waals surface area contributed by atoms with E-state index in [2.05, 4.69) is 0 Å². The summed E-state index contributed by atoms with van der Waals surface area (Å²) in [5.74, 6) is 1.41. The van der Waals surface area contributed by atoms with E-state index in [9.17, 15) is 25.5 Å². The number of rotatable bonds is 7. The summed E-state index contributed by atoms with van der Waals surface area (Å²) in [7, 11) is 3.02. The van der Waals surface area contributed by atoms with Crippen LogP contribution in [0, 0.1) is 11.8 Å². The van der Waals surface area contributed by atoms with E-state index in [4.69, 9.17) is 28.4 Å². The number of aliphatic hydroxyl groups excluding tert-OH is 4. The number of fused-ring (bicyclic) bond motifs is 1. The van der Waals surface area contributed by atoms with Gasteiger partial charge in [0, 0.05) is 17.9 Å². The fourth-order valence-electron chi connectivity index (χ4n) is 5.37. The summed E-state index contributed by atoms with van der Waals surface area (Å²) < 4.78 is 34.3. The van der Waals surface area contributed by atoms with Gasteiger partial charge in [-0.2, -0.15) is 0 Å². The molecular formula is C26H32O11. The van der Waals surface area contributed by atoms with Crippen LogP contribution in [0.3, 0.4) is 0 Å². The fourth-order valence-corrected chi connectivity index (χ4v) is 5.37. The van der Waals surface area contributed by atoms with Crippen molar-refractivity contribution in [1.29, 1.82) is 0 Å². The average molecular weight is 521 g/mol. The van der Waals surface area contributed by atoms with Crippen molar-refractivity contribution in [2.24, 2.45) is 11.8 Å². The van der Waals surface area contributed by atoms with Gasteiger partial charge in [-0.1, -0.05) is 6.07 Å². The van der Waals surface area contributed by atoms with Crippen molar-refractivity contribution in [2.75, 3.05) is 34.0 Å². The van der Waals surface area contributed by atoms with Gasteiger partial charge >= 0.3 is 0 Å². The van der Waals surface area contributed by atoms with Crippen LogP contribution in [0.1, 0.15) is 23.3 Å². The number of phenolic OH excluding ortho intramolecular Hbond substituents is 1. The molecule has 11 heteroatoms. The molecule has 5 N–H and O–H groups in total. The molecule has 3 saturated heterocycles. The van der Waals surface area contributed by atoms with Gasteiger partial charge < -0.3 is 54.0 Å². The van der Waals surface area contributed by atoms with Crippen molar-refractivity contribution in [3.8, 4) is 23.0 Å². The van der Waals surface area contributed by atoms with Crippen molar-refractivity contribution >= 4 is 0 Å². The highest BCUT2D eigenvalue weighted by Crippen LogP contribution is 2.51. The lowest BCUT2D eigenvalue weighted by Crippen LogP contribution is -2.60. The second-order valence-corrected chi connectivity index (χ2v) is 9.53. The van der Waals surface area contributed by atoms with Gasteiger partial charge in [0.2, 0.25) is 6.29 Å². The number of phenols is 1. The van der Waals surface area contributed by atoms with Crippen LogP contribution in [0.2, 0.25) is 0 Å². The summed E-state index contributed by atoms with van der Waals surface area (Å²) in [5, 5.41) is 49.8. The molecule has 37 heavy (non-hydrogen) atoms. The Balaban J connectivity index is 1.32. The van der Waals surface area contributed by atoms with Crippen LogP contribution in [0.4, 0.5) is 0 Å². The van der Waals surface area contributed by atoms with E-state index >= 15 is 0 Å². The minimum Gasteiger partial charge on any atom is -0.508 e. The normalized spacial score (nSPS) is 35.2. The van der Waals surface area contributed by atoms with E-state index in [1.54, 1.807) is 31.4 Å². The predicted molar refractivity (Wildman–Crippen MR) is 126 cm³/mol. The lowest BCUT2D eigenvalue weighted by molar-refractivity contribution is -0.277. The molecule has 2 aromatic carbocycles. The Kier molecular flexibility index (Phi) is 7.46. The Morgan fingerprint density at radius 3 is 2.16 bits per heavy atom. The Morgan fingerprint density at radius 1 is 0.811 bits per heavy atom. The number of aliphatic hydroxyl groups is 4. The van der Waals surface area contributed by atoms with E-state index in [-0.39, 0.29) is 35.5 Å². The Labute approximate surface area is 213 Å². The SMILES string of the molecule is COc1cc(O)cc(C2OCC3C(c4ccc(OC5OC(CO)C(O)C(O)C5O)c(OC)c4)OCC23)c1. The first-order valence-corrected chi connectivity index (χ1v) is 12.1. The highest BCUT2D eigenvalue weighted by atomic mass is 16.7. The van der Waals surface area contributed by atoms with E-state index in [1.807, 2.05) is 12.1 Å². The van der Waals surface area contributed by atoms with Gasteiger partial charge in [0.1, 0.15) is 35.9 Å². The molecule has 9 unspecified atom stereocenters. The van der Waals surface area contributed by atoms with Crippen molar-refractivity contribution in [3.63, 3.8) is 0 Å². The molecule has 11 nitrogen and oxygen atoms in total. The largest absolute Gasteiger partial charge is 0.508 e. The van der Waals surface area contributed by atoms with Crippen LogP contribution in [-0.4, -0.2) is 90.3 Å². The second-order valence-electron chi connectivity index (χ2n) is 9.53. The number of aromatic hydroxyl groups is 1. The topological polar surface area (TPSA) is 157 Å². The predicted octanol–water partition coefficient (Wildman–Crippen LogP) is 0.663. The van der Waals surface area contributed by atoms with Gasteiger partial charge in [0.25, 0.3) is 0 Å². The molecule has 0 aliphatic carbocycles. The lowest BCUT2D eigenvalue weighted by atomic mass is 9.85. The third-order valence-electron chi connectivity index (χ3n) is 7.35. The third-order valence-corrected chi connectivity index (χ3v) is 7.35. The molecule has 3 fully saturated rings. The number of ether oxygens (including phenoxy) is 6.